The summed E-state index contributed by atoms with van der Waals surface area (Å²) in [5.41, 5.74) is 0. The highest BCUT2D eigenvalue weighted by Gasteiger charge is 2.20. The van der Waals surface area contributed by atoms with Crippen LogP contribution < -0.4 is 0 Å². The fourth-order valence-corrected chi connectivity index (χ4v) is 2.52. The van der Waals surface area contributed by atoms with Crippen LogP contribution in [0.25, 0.3) is 0 Å². The SMILES string of the molecule is O=C(O)CSSC(Cl)(Cl)Cl. The third kappa shape index (κ3) is 9.04. The van der Waals surface area contributed by atoms with E-state index in [4.69, 9.17) is 39.9 Å². The molecule has 0 aliphatic carbocycles. The summed E-state index contributed by atoms with van der Waals surface area (Å²) in [4.78, 5) is 9.92. The fourth-order valence-electron chi connectivity index (χ4n) is 0.147. The van der Waals surface area contributed by atoms with Crippen molar-refractivity contribution in [3.05, 3.63) is 0 Å². The van der Waals surface area contributed by atoms with Gasteiger partial charge in [0.25, 0.3) is 0 Å². The Morgan fingerprint density at radius 3 is 2.30 bits per heavy atom. The second kappa shape index (κ2) is 4.83. The third-order valence-electron chi connectivity index (χ3n) is 0.336. The van der Waals surface area contributed by atoms with Crippen LogP contribution in [0.1, 0.15) is 0 Å². The summed E-state index contributed by atoms with van der Waals surface area (Å²) in [6.07, 6.45) is 0. The molecule has 0 radical (unpaired) electrons. The van der Waals surface area contributed by atoms with E-state index in [2.05, 4.69) is 0 Å². The van der Waals surface area contributed by atoms with Crippen molar-refractivity contribution in [3.63, 3.8) is 0 Å². The molecule has 0 rings (SSSR count). The molecule has 0 aliphatic heterocycles. The van der Waals surface area contributed by atoms with Gasteiger partial charge in [0.15, 0.2) is 0 Å². The van der Waals surface area contributed by atoms with Gasteiger partial charge in [-0.2, -0.15) is 0 Å². The van der Waals surface area contributed by atoms with Gasteiger partial charge in [-0.25, -0.2) is 0 Å². The lowest BCUT2D eigenvalue weighted by atomic mass is 10.8. The second-order valence-electron chi connectivity index (χ2n) is 1.19. The van der Waals surface area contributed by atoms with E-state index in [1.807, 2.05) is 0 Å². The Morgan fingerprint density at radius 2 is 2.00 bits per heavy atom. The Kier molecular flexibility index (Phi) is 5.33. The molecule has 0 spiro atoms. The smallest absolute Gasteiger partial charge is 0.314 e. The number of halogens is 3. The van der Waals surface area contributed by atoms with Crippen LogP contribution in [0, 0.1) is 0 Å². The first-order chi connectivity index (χ1) is 4.42. The van der Waals surface area contributed by atoms with Gasteiger partial charge in [-0.3, -0.25) is 4.79 Å². The number of alkyl halides is 3. The molecule has 2 nitrogen and oxygen atoms in total. The van der Waals surface area contributed by atoms with Crippen LogP contribution in [0.15, 0.2) is 0 Å². The van der Waals surface area contributed by atoms with E-state index in [0.717, 1.165) is 21.6 Å². The number of hydrogen-bond acceptors (Lipinski definition) is 3. The predicted octanol–water partition coefficient (Wildman–Crippen LogP) is 2.78. The minimum absolute atomic E-state index is 0.0709. The molecule has 1 N–H and O–H groups in total. The summed E-state index contributed by atoms with van der Waals surface area (Å²) in [6, 6.07) is 0. The quantitative estimate of drug-likeness (QED) is 0.609. The van der Waals surface area contributed by atoms with Crippen LogP contribution in [0.2, 0.25) is 0 Å². The highest BCUT2D eigenvalue weighted by atomic mass is 35.6. The topological polar surface area (TPSA) is 37.3 Å². The molecule has 0 heterocycles. The molecule has 60 valence electrons. The normalized spacial score (nSPS) is 11.5. The third-order valence-corrected chi connectivity index (χ3v) is 3.98. The molecule has 0 aromatic rings. The second-order valence-corrected chi connectivity index (χ2v) is 6.65. The van der Waals surface area contributed by atoms with Crippen molar-refractivity contribution in [2.75, 3.05) is 5.75 Å². The minimum Gasteiger partial charge on any atom is -0.481 e. The van der Waals surface area contributed by atoms with Crippen molar-refractivity contribution in [1.29, 1.82) is 0 Å². The predicted molar refractivity (Wildman–Crippen MR) is 48.0 cm³/mol. The van der Waals surface area contributed by atoms with E-state index in [0.29, 0.717) is 0 Å². The molecule has 0 aromatic carbocycles. The van der Waals surface area contributed by atoms with Crippen molar-refractivity contribution >= 4 is 62.4 Å². The first kappa shape index (κ1) is 11.0. The van der Waals surface area contributed by atoms with E-state index < -0.39 is 9.09 Å². The summed E-state index contributed by atoms with van der Waals surface area (Å²) in [5, 5.41) is 8.15. The highest BCUT2D eigenvalue weighted by Crippen LogP contribution is 2.45. The summed E-state index contributed by atoms with van der Waals surface area (Å²) in [6.45, 7) is 0. The molecule has 0 amide bonds. The average Bonchev–Trinajstić information content (AvgIpc) is 1.59. The summed E-state index contributed by atoms with van der Waals surface area (Å²) in [7, 11) is 1.88. The Balaban J connectivity index is 3.29. The number of carboxylic acid groups (broad SMARTS) is 1. The van der Waals surface area contributed by atoms with Crippen LogP contribution in [0.5, 0.6) is 0 Å². The van der Waals surface area contributed by atoms with Gasteiger partial charge in [0.05, 0.1) is 0 Å². The van der Waals surface area contributed by atoms with Gasteiger partial charge in [0, 0.05) is 0 Å². The zero-order chi connectivity index (χ0) is 8.20. The van der Waals surface area contributed by atoms with Crippen LogP contribution in [-0.4, -0.2) is 20.0 Å². The van der Waals surface area contributed by atoms with Gasteiger partial charge < -0.3 is 5.11 Å². The molecule has 0 saturated heterocycles. The standard InChI is InChI=1S/C3H3Cl3O2S2/c4-3(5,6)10-9-1-2(7)8/h1H2,(H,7,8). The van der Waals surface area contributed by atoms with Gasteiger partial charge in [-0.05, 0) is 10.8 Å². The Hall–Kier alpha value is 1.04. The molecular formula is C3H3Cl3O2S2. The number of carboxylic acids is 1. The van der Waals surface area contributed by atoms with Gasteiger partial charge in [0.2, 0.25) is 3.12 Å². The number of rotatable bonds is 3. The molecule has 7 heteroatoms. The lowest BCUT2D eigenvalue weighted by Gasteiger charge is -2.06. The Morgan fingerprint density at radius 1 is 1.50 bits per heavy atom. The molecule has 0 aromatic heterocycles. The lowest BCUT2D eigenvalue weighted by molar-refractivity contribution is -0.133. The van der Waals surface area contributed by atoms with E-state index >= 15 is 0 Å². The van der Waals surface area contributed by atoms with Crippen molar-refractivity contribution in [2.24, 2.45) is 0 Å². The first-order valence-corrected chi connectivity index (χ1v) is 5.46. The Bertz CT molecular complexity index is 123. The molecule has 0 atom stereocenters. The van der Waals surface area contributed by atoms with Crippen molar-refractivity contribution < 1.29 is 9.90 Å². The zero-order valence-corrected chi connectivity index (χ0v) is 8.41. The molecule has 0 unspecified atom stereocenters. The van der Waals surface area contributed by atoms with Gasteiger partial charge in [0.1, 0.15) is 5.75 Å². The maximum atomic E-state index is 9.92. The van der Waals surface area contributed by atoms with Crippen LogP contribution in [0.3, 0.4) is 0 Å². The molecule has 0 bridgehead atoms. The maximum Gasteiger partial charge on any atom is 0.314 e. The van der Waals surface area contributed by atoms with Gasteiger partial charge in [-0.15, -0.1) is 0 Å². The summed E-state index contributed by atoms with van der Waals surface area (Å²) < 4.78 is -1.43. The average molecular weight is 242 g/mol. The molecule has 10 heavy (non-hydrogen) atoms. The Labute approximate surface area is 81.0 Å². The van der Waals surface area contributed by atoms with E-state index in [-0.39, 0.29) is 5.75 Å². The first-order valence-electron chi connectivity index (χ1n) is 2.01. The van der Waals surface area contributed by atoms with E-state index in [1.54, 1.807) is 0 Å². The van der Waals surface area contributed by atoms with Crippen molar-refractivity contribution in [1.82, 2.24) is 0 Å². The number of aliphatic carboxylic acids is 1. The summed E-state index contributed by atoms with van der Waals surface area (Å²) in [5.74, 6) is -0.995. The molecular weight excluding hydrogens is 239 g/mol. The lowest BCUT2D eigenvalue weighted by Crippen LogP contribution is -1.98. The molecule has 0 aliphatic rings. The number of carbonyl (C=O) groups is 1. The monoisotopic (exact) mass is 240 g/mol. The van der Waals surface area contributed by atoms with Crippen LogP contribution in [-0.2, 0) is 4.79 Å². The van der Waals surface area contributed by atoms with E-state index in [1.165, 1.54) is 0 Å². The van der Waals surface area contributed by atoms with Crippen LogP contribution >= 0.6 is 56.4 Å². The van der Waals surface area contributed by atoms with Gasteiger partial charge in [-0.1, -0.05) is 45.6 Å². The summed E-state index contributed by atoms with van der Waals surface area (Å²) >= 11 is 15.9. The highest BCUT2D eigenvalue weighted by molar-refractivity contribution is 8.78. The number of hydrogen-bond donors (Lipinski definition) is 1. The van der Waals surface area contributed by atoms with Crippen molar-refractivity contribution in [2.45, 2.75) is 3.12 Å². The fraction of sp³-hybridized carbons (Fsp3) is 0.667. The minimum atomic E-state index is -1.43. The largest absolute Gasteiger partial charge is 0.481 e. The zero-order valence-electron chi connectivity index (χ0n) is 4.51. The molecule has 0 fully saturated rings. The van der Waals surface area contributed by atoms with E-state index in [9.17, 15) is 4.79 Å². The maximum absolute atomic E-state index is 9.92. The van der Waals surface area contributed by atoms with Crippen molar-refractivity contribution in [3.8, 4) is 0 Å². The molecule has 0 saturated carbocycles. The van der Waals surface area contributed by atoms with Crippen LogP contribution in [0.4, 0.5) is 0 Å². The van der Waals surface area contributed by atoms with Gasteiger partial charge >= 0.3 is 5.97 Å².